The maximum Gasteiger partial charge on any atom is 0.225 e. The minimum atomic E-state index is 0. The molecule has 0 bridgehead atoms. The van der Waals surface area contributed by atoms with Gasteiger partial charge in [0, 0.05) is 23.1 Å². The topological polar surface area (TPSA) is 44.4 Å². The highest BCUT2D eigenvalue weighted by Gasteiger charge is 2.19. The van der Waals surface area contributed by atoms with Gasteiger partial charge in [-0.25, -0.2) is 0 Å². The van der Waals surface area contributed by atoms with Crippen LogP contribution in [-0.4, -0.2) is 44.0 Å². The highest BCUT2D eigenvalue weighted by atomic mass is 79.9. The molecule has 1 fully saturated rings. The number of nitrogens with one attached hydrogen (secondary N) is 2. The summed E-state index contributed by atoms with van der Waals surface area (Å²) in [6.45, 7) is 4.22. The van der Waals surface area contributed by atoms with Crippen LogP contribution >= 0.6 is 28.3 Å². The van der Waals surface area contributed by atoms with Crippen molar-refractivity contribution in [1.29, 1.82) is 0 Å². The Kier molecular flexibility index (Phi) is 9.79. The fraction of sp³-hybridized carbons (Fsp3) is 0.588. The molecule has 23 heavy (non-hydrogen) atoms. The van der Waals surface area contributed by atoms with E-state index in [2.05, 4.69) is 31.5 Å². The molecular weight excluding hydrogens is 378 g/mol. The summed E-state index contributed by atoms with van der Waals surface area (Å²) in [5.41, 5.74) is 0.860. The first-order chi connectivity index (χ1) is 10.7. The Hall–Kier alpha value is -0.620. The van der Waals surface area contributed by atoms with E-state index >= 15 is 0 Å². The number of carbonyl (C=O) groups excluding carboxylic acids is 1. The molecule has 130 valence electrons. The van der Waals surface area contributed by atoms with Crippen molar-refractivity contribution in [3.05, 3.63) is 28.7 Å². The van der Waals surface area contributed by atoms with E-state index in [9.17, 15) is 4.79 Å². The van der Waals surface area contributed by atoms with Crippen molar-refractivity contribution < 1.29 is 4.79 Å². The van der Waals surface area contributed by atoms with Crippen LogP contribution in [0.5, 0.6) is 0 Å². The Morgan fingerprint density at radius 2 is 1.91 bits per heavy atom. The summed E-state index contributed by atoms with van der Waals surface area (Å²) < 4.78 is 1.02. The summed E-state index contributed by atoms with van der Waals surface area (Å²) >= 11 is 3.39. The van der Waals surface area contributed by atoms with Crippen molar-refractivity contribution in [2.75, 3.05) is 38.5 Å². The molecule has 1 aliphatic rings. The molecule has 6 heteroatoms. The molecule has 2 N–H and O–H groups in total. The number of amides is 1. The van der Waals surface area contributed by atoms with Crippen LogP contribution in [0.15, 0.2) is 28.7 Å². The molecule has 1 aromatic carbocycles. The summed E-state index contributed by atoms with van der Waals surface area (Å²) in [6.07, 6.45) is 4.36. The lowest BCUT2D eigenvalue weighted by Crippen LogP contribution is -2.36. The Bertz CT molecular complexity index is 461. The average molecular weight is 405 g/mol. The van der Waals surface area contributed by atoms with Gasteiger partial charge in [0.25, 0.3) is 0 Å². The highest BCUT2D eigenvalue weighted by Crippen LogP contribution is 2.20. The van der Waals surface area contributed by atoms with E-state index in [0.717, 1.165) is 42.3 Å². The average Bonchev–Trinajstić information content (AvgIpc) is 2.54. The highest BCUT2D eigenvalue weighted by molar-refractivity contribution is 9.10. The zero-order valence-corrected chi connectivity index (χ0v) is 16.1. The zero-order chi connectivity index (χ0) is 15.8. The predicted molar refractivity (Wildman–Crippen MR) is 102 cm³/mol. The number of anilines is 1. The van der Waals surface area contributed by atoms with E-state index in [-0.39, 0.29) is 18.3 Å². The maximum atomic E-state index is 12.0. The molecule has 0 atom stereocenters. The van der Waals surface area contributed by atoms with Gasteiger partial charge in [-0.15, -0.1) is 12.4 Å². The summed E-state index contributed by atoms with van der Waals surface area (Å²) in [4.78, 5) is 14.4. The second-order valence-electron chi connectivity index (χ2n) is 5.98. The van der Waals surface area contributed by atoms with Gasteiger partial charge in [-0.3, -0.25) is 4.79 Å². The second kappa shape index (κ2) is 11.0. The summed E-state index contributed by atoms with van der Waals surface area (Å²) in [5, 5.41) is 6.17. The lowest BCUT2D eigenvalue weighted by Gasteiger charge is -2.31. The number of likely N-dealkylation sites (tertiary alicyclic amines) is 1. The molecule has 4 nitrogen and oxygen atoms in total. The van der Waals surface area contributed by atoms with Gasteiger partial charge in [0.2, 0.25) is 5.91 Å². The van der Waals surface area contributed by atoms with E-state index in [4.69, 9.17) is 0 Å². The lowest BCUT2D eigenvalue weighted by molar-refractivity contribution is -0.116. The first-order valence-electron chi connectivity index (χ1n) is 8.10. The van der Waals surface area contributed by atoms with Gasteiger partial charge in [0.05, 0.1) is 0 Å². The number of carbonyl (C=O) groups is 1. The molecule has 1 saturated heterocycles. The van der Waals surface area contributed by atoms with Gasteiger partial charge < -0.3 is 15.5 Å². The number of rotatable bonds is 7. The number of nitrogens with zero attached hydrogens (tertiary/aromatic N) is 1. The zero-order valence-electron chi connectivity index (χ0n) is 13.7. The molecule has 0 radical (unpaired) electrons. The molecule has 0 saturated carbocycles. The van der Waals surface area contributed by atoms with Gasteiger partial charge >= 0.3 is 0 Å². The maximum absolute atomic E-state index is 12.0. The third kappa shape index (κ3) is 7.66. The van der Waals surface area contributed by atoms with Crippen molar-refractivity contribution in [1.82, 2.24) is 10.2 Å². The van der Waals surface area contributed by atoms with Crippen molar-refractivity contribution in [2.45, 2.75) is 25.7 Å². The van der Waals surface area contributed by atoms with Crippen LogP contribution in [0.3, 0.4) is 0 Å². The van der Waals surface area contributed by atoms with Crippen LogP contribution in [0.2, 0.25) is 0 Å². The first-order valence-corrected chi connectivity index (χ1v) is 8.89. The molecular formula is C17H27BrClN3O. The van der Waals surface area contributed by atoms with E-state index in [1.165, 1.54) is 19.3 Å². The van der Waals surface area contributed by atoms with Crippen molar-refractivity contribution in [3.63, 3.8) is 0 Å². The van der Waals surface area contributed by atoms with E-state index in [1.807, 2.05) is 31.3 Å². The first kappa shape index (κ1) is 20.4. The van der Waals surface area contributed by atoms with Crippen LogP contribution in [0.1, 0.15) is 25.7 Å². The third-order valence-corrected chi connectivity index (χ3v) is 4.82. The van der Waals surface area contributed by atoms with E-state index in [1.54, 1.807) is 0 Å². The van der Waals surface area contributed by atoms with Crippen LogP contribution in [0, 0.1) is 5.92 Å². The Morgan fingerprint density at radius 3 is 2.52 bits per heavy atom. The largest absolute Gasteiger partial charge is 0.326 e. The Balaban J connectivity index is 0.00000264. The smallest absolute Gasteiger partial charge is 0.225 e. The van der Waals surface area contributed by atoms with Gasteiger partial charge in [0.1, 0.15) is 0 Å². The van der Waals surface area contributed by atoms with Crippen molar-refractivity contribution in [3.8, 4) is 0 Å². The van der Waals surface area contributed by atoms with Crippen molar-refractivity contribution >= 4 is 39.9 Å². The predicted octanol–water partition coefficient (Wildman–Crippen LogP) is 3.52. The van der Waals surface area contributed by atoms with Gasteiger partial charge in [0.15, 0.2) is 0 Å². The quantitative estimate of drug-likeness (QED) is 0.731. The molecule has 1 aromatic rings. The Labute approximate surface area is 153 Å². The number of benzene rings is 1. The molecule has 1 heterocycles. The van der Waals surface area contributed by atoms with Crippen LogP contribution < -0.4 is 10.6 Å². The number of piperidine rings is 1. The van der Waals surface area contributed by atoms with Crippen LogP contribution in [0.25, 0.3) is 0 Å². The monoisotopic (exact) mass is 403 g/mol. The second-order valence-corrected chi connectivity index (χ2v) is 6.90. The normalized spacial score (nSPS) is 15.9. The Morgan fingerprint density at radius 1 is 1.26 bits per heavy atom. The van der Waals surface area contributed by atoms with Crippen LogP contribution in [0.4, 0.5) is 5.69 Å². The molecule has 2 rings (SSSR count). The number of hydrogen-bond donors (Lipinski definition) is 2. The van der Waals surface area contributed by atoms with Crippen LogP contribution in [-0.2, 0) is 4.79 Å². The number of halogens is 2. The standard InChI is InChI=1S/C17H26BrN3O.ClH/c1-19-10-6-14-7-11-21(12-8-14)13-9-17(22)20-16-4-2-15(18)3-5-16;/h2-5,14,19H,6-13H2,1H3,(H,20,22);1H. The van der Waals surface area contributed by atoms with Gasteiger partial charge in [-0.05, 0) is 76.1 Å². The SMILES string of the molecule is CNCCC1CCN(CCC(=O)Nc2ccc(Br)cc2)CC1.Cl. The summed E-state index contributed by atoms with van der Waals surface area (Å²) in [5.74, 6) is 0.944. The molecule has 0 spiro atoms. The lowest BCUT2D eigenvalue weighted by atomic mass is 9.93. The fourth-order valence-electron chi connectivity index (χ4n) is 2.86. The van der Waals surface area contributed by atoms with E-state index < -0.39 is 0 Å². The minimum Gasteiger partial charge on any atom is -0.326 e. The molecule has 1 amide bonds. The summed E-state index contributed by atoms with van der Waals surface area (Å²) in [7, 11) is 2.01. The minimum absolute atomic E-state index is 0. The molecule has 0 unspecified atom stereocenters. The van der Waals surface area contributed by atoms with Crippen molar-refractivity contribution in [2.24, 2.45) is 5.92 Å². The molecule has 1 aliphatic heterocycles. The van der Waals surface area contributed by atoms with Gasteiger partial charge in [-0.1, -0.05) is 15.9 Å². The molecule has 0 aromatic heterocycles. The van der Waals surface area contributed by atoms with E-state index in [0.29, 0.717) is 6.42 Å². The molecule has 0 aliphatic carbocycles. The number of hydrogen-bond acceptors (Lipinski definition) is 3. The fourth-order valence-corrected chi connectivity index (χ4v) is 3.13. The van der Waals surface area contributed by atoms with Gasteiger partial charge in [-0.2, -0.15) is 0 Å². The third-order valence-electron chi connectivity index (χ3n) is 4.29. The summed E-state index contributed by atoms with van der Waals surface area (Å²) in [6, 6.07) is 7.70.